The Bertz CT molecular complexity index is 621. The molecule has 1 aromatic carbocycles. The second-order valence-corrected chi connectivity index (χ2v) is 3.58. The molecule has 0 aliphatic carbocycles. The van der Waals surface area contributed by atoms with E-state index in [0.29, 0.717) is 23.3 Å². The van der Waals surface area contributed by atoms with E-state index in [1.807, 2.05) is 6.92 Å². The van der Waals surface area contributed by atoms with Crippen LogP contribution in [0.15, 0.2) is 30.5 Å². The highest BCUT2D eigenvalue weighted by molar-refractivity contribution is 6.42. The molecule has 1 aromatic heterocycles. The van der Waals surface area contributed by atoms with Crippen LogP contribution in [-0.4, -0.2) is 28.4 Å². The molecule has 0 fully saturated rings. The molecular weight excluding hydrogens is 234 g/mol. The molecule has 0 bridgehead atoms. The fraction of sp³-hybridized carbons (Fsp3) is 0.154. The Hall–Kier alpha value is -2.43. The Balaban J connectivity index is 2.68. The van der Waals surface area contributed by atoms with E-state index >= 15 is 0 Å². The summed E-state index contributed by atoms with van der Waals surface area (Å²) in [6, 6.07) is 6.32. The van der Waals surface area contributed by atoms with Crippen molar-refractivity contribution in [2.45, 2.75) is 6.92 Å². The van der Waals surface area contributed by atoms with Crippen molar-refractivity contribution >= 4 is 22.7 Å². The molecule has 0 saturated heterocycles. The topological polar surface area (TPSA) is 76.5 Å². The van der Waals surface area contributed by atoms with Crippen LogP contribution in [0.25, 0.3) is 10.9 Å². The number of aliphatic carboxylic acids is 1. The highest BCUT2D eigenvalue weighted by atomic mass is 16.5. The number of hydrogen-bond acceptors (Lipinski definition) is 4. The summed E-state index contributed by atoms with van der Waals surface area (Å²) in [6.45, 7) is 2.31. The number of nitrogens with zero attached hydrogens (tertiary/aromatic N) is 1. The number of rotatable bonds is 4. The van der Waals surface area contributed by atoms with Crippen molar-refractivity contribution in [3.63, 3.8) is 0 Å². The predicted octanol–water partition coefficient (Wildman–Crippen LogP) is 1.90. The SMILES string of the molecule is CCOc1ccc(C(=O)C(=O)O)c2cccnc12. The largest absolute Gasteiger partial charge is 0.492 e. The third-order valence-corrected chi connectivity index (χ3v) is 2.47. The standard InChI is InChI=1S/C13H11NO4/c1-2-18-10-6-5-9(12(15)13(16)17)8-4-3-7-14-11(8)10/h3-7H,2H2,1H3,(H,16,17). The number of ketones is 1. The van der Waals surface area contributed by atoms with Crippen LogP contribution < -0.4 is 4.74 Å². The number of hydrogen-bond donors (Lipinski definition) is 1. The summed E-state index contributed by atoms with van der Waals surface area (Å²) < 4.78 is 5.39. The monoisotopic (exact) mass is 245 g/mol. The lowest BCUT2D eigenvalue weighted by molar-refractivity contribution is -0.131. The van der Waals surface area contributed by atoms with Crippen molar-refractivity contribution in [3.05, 3.63) is 36.0 Å². The van der Waals surface area contributed by atoms with Crippen molar-refractivity contribution in [2.24, 2.45) is 0 Å². The van der Waals surface area contributed by atoms with Gasteiger partial charge < -0.3 is 9.84 Å². The summed E-state index contributed by atoms with van der Waals surface area (Å²) in [5, 5.41) is 9.25. The zero-order valence-corrected chi connectivity index (χ0v) is 9.71. The van der Waals surface area contributed by atoms with Crippen LogP contribution in [0.2, 0.25) is 0 Å². The van der Waals surface area contributed by atoms with E-state index in [1.165, 1.54) is 6.07 Å². The molecule has 0 amide bonds. The normalized spacial score (nSPS) is 10.3. The fourth-order valence-electron chi connectivity index (χ4n) is 1.73. The lowest BCUT2D eigenvalue weighted by Gasteiger charge is -2.08. The number of Topliss-reactive ketones (excluding diaryl/α,β-unsaturated/α-hetero) is 1. The summed E-state index contributed by atoms with van der Waals surface area (Å²) in [5.41, 5.74) is 0.612. The molecule has 0 atom stereocenters. The van der Waals surface area contributed by atoms with Gasteiger partial charge in [-0.15, -0.1) is 0 Å². The van der Waals surface area contributed by atoms with Crippen LogP contribution in [-0.2, 0) is 4.79 Å². The molecule has 0 saturated carbocycles. The average Bonchev–Trinajstić information content (AvgIpc) is 2.38. The smallest absolute Gasteiger partial charge is 0.377 e. The summed E-state index contributed by atoms with van der Waals surface area (Å²) in [7, 11) is 0. The van der Waals surface area contributed by atoms with Crippen LogP contribution in [0, 0.1) is 0 Å². The van der Waals surface area contributed by atoms with E-state index < -0.39 is 11.8 Å². The van der Waals surface area contributed by atoms with Gasteiger partial charge in [-0.25, -0.2) is 4.79 Å². The minimum Gasteiger partial charge on any atom is -0.492 e. The predicted molar refractivity (Wildman–Crippen MR) is 64.9 cm³/mol. The maximum absolute atomic E-state index is 11.6. The first-order valence-corrected chi connectivity index (χ1v) is 5.43. The molecule has 1 N–H and O–H groups in total. The highest BCUT2D eigenvalue weighted by Gasteiger charge is 2.19. The van der Waals surface area contributed by atoms with Crippen LogP contribution in [0.4, 0.5) is 0 Å². The van der Waals surface area contributed by atoms with Gasteiger partial charge in [-0.1, -0.05) is 6.07 Å². The van der Waals surface area contributed by atoms with Crippen LogP contribution in [0.1, 0.15) is 17.3 Å². The first-order valence-electron chi connectivity index (χ1n) is 5.43. The van der Waals surface area contributed by atoms with Gasteiger partial charge in [-0.2, -0.15) is 0 Å². The van der Waals surface area contributed by atoms with Gasteiger partial charge in [0.05, 0.1) is 6.61 Å². The molecule has 0 radical (unpaired) electrons. The Morgan fingerprint density at radius 1 is 1.33 bits per heavy atom. The Kier molecular flexibility index (Phi) is 3.23. The van der Waals surface area contributed by atoms with Gasteiger partial charge >= 0.3 is 5.97 Å². The number of carboxylic acids is 1. The van der Waals surface area contributed by atoms with Gasteiger partial charge in [0.15, 0.2) is 0 Å². The molecule has 0 unspecified atom stereocenters. The van der Waals surface area contributed by atoms with Gasteiger partial charge in [0, 0.05) is 17.1 Å². The minimum atomic E-state index is -1.48. The van der Waals surface area contributed by atoms with Gasteiger partial charge in [0.25, 0.3) is 5.78 Å². The molecule has 2 rings (SSSR count). The van der Waals surface area contributed by atoms with Gasteiger partial charge in [-0.3, -0.25) is 9.78 Å². The summed E-state index contributed by atoms with van der Waals surface area (Å²) in [4.78, 5) is 26.4. The number of carbonyl (C=O) groups is 2. The summed E-state index contributed by atoms with van der Waals surface area (Å²) in [5.74, 6) is -1.89. The number of pyridine rings is 1. The van der Waals surface area contributed by atoms with Crippen molar-refractivity contribution in [2.75, 3.05) is 6.61 Å². The molecule has 1 heterocycles. The van der Waals surface area contributed by atoms with E-state index in [0.717, 1.165) is 0 Å². The lowest BCUT2D eigenvalue weighted by atomic mass is 10.0. The first kappa shape index (κ1) is 12.0. The second kappa shape index (κ2) is 4.83. The number of carbonyl (C=O) groups excluding carboxylic acids is 1. The number of aromatic nitrogens is 1. The zero-order chi connectivity index (χ0) is 13.1. The first-order chi connectivity index (χ1) is 8.65. The lowest BCUT2D eigenvalue weighted by Crippen LogP contribution is -2.13. The van der Waals surface area contributed by atoms with E-state index in [1.54, 1.807) is 24.4 Å². The molecule has 0 aliphatic rings. The van der Waals surface area contributed by atoms with Crippen LogP contribution in [0.5, 0.6) is 5.75 Å². The zero-order valence-electron chi connectivity index (χ0n) is 9.71. The summed E-state index contributed by atoms with van der Waals surface area (Å²) in [6.07, 6.45) is 1.57. The van der Waals surface area contributed by atoms with E-state index in [2.05, 4.69) is 4.98 Å². The van der Waals surface area contributed by atoms with Crippen LogP contribution in [0.3, 0.4) is 0 Å². The van der Waals surface area contributed by atoms with Crippen molar-refractivity contribution in [1.29, 1.82) is 0 Å². The van der Waals surface area contributed by atoms with E-state index in [-0.39, 0.29) is 5.56 Å². The molecule has 5 nitrogen and oxygen atoms in total. The highest BCUT2D eigenvalue weighted by Crippen LogP contribution is 2.27. The third-order valence-electron chi connectivity index (χ3n) is 2.47. The number of ether oxygens (including phenoxy) is 1. The van der Waals surface area contributed by atoms with Crippen molar-refractivity contribution in [1.82, 2.24) is 4.98 Å². The molecule has 0 aliphatic heterocycles. The number of fused-ring (bicyclic) bond motifs is 1. The quantitative estimate of drug-likeness (QED) is 0.657. The van der Waals surface area contributed by atoms with Gasteiger partial charge in [0.1, 0.15) is 11.3 Å². The molecular formula is C13H11NO4. The Labute approximate surface area is 103 Å². The Morgan fingerprint density at radius 2 is 2.11 bits per heavy atom. The average molecular weight is 245 g/mol. The third kappa shape index (κ3) is 2.02. The van der Waals surface area contributed by atoms with Crippen molar-refractivity contribution in [3.8, 4) is 5.75 Å². The Morgan fingerprint density at radius 3 is 2.78 bits per heavy atom. The minimum absolute atomic E-state index is 0.119. The fourth-order valence-corrected chi connectivity index (χ4v) is 1.73. The van der Waals surface area contributed by atoms with E-state index in [9.17, 15) is 9.59 Å². The van der Waals surface area contributed by atoms with Gasteiger partial charge in [0.2, 0.25) is 0 Å². The maximum Gasteiger partial charge on any atom is 0.377 e. The number of benzene rings is 1. The number of carboxylic acid groups (broad SMARTS) is 1. The maximum atomic E-state index is 11.6. The molecule has 92 valence electrons. The molecule has 2 aromatic rings. The molecule has 18 heavy (non-hydrogen) atoms. The van der Waals surface area contributed by atoms with E-state index in [4.69, 9.17) is 9.84 Å². The van der Waals surface area contributed by atoms with Gasteiger partial charge in [-0.05, 0) is 25.1 Å². The van der Waals surface area contributed by atoms with Crippen LogP contribution >= 0.6 is 0 Å². The van der Waals surface area contributed by atoms with Crippen molar-refractivity contribution < 1.29 is 19.4 Å². The second-order valence-electron chi connectivity index (χ2n) is 3.58. The molecule has 0 spiro atoms. The summed E-state index contributed by atoms with van der Waals surface area (Å²) >= 11 is 0. The molecule has 5 heteroatoms.